The third kappa shape index (κ3) is 5.11. The summed E-state index contributed by atoms with van der Waals surface area (Å²) in [6, 6.07) is 11.5. The maximum atomic E-state index is 13.8. The first-order chi connectivity index (χ1) is 12.6. The molecule has 2 aromatic carbocycles. The molecule has 0 aliphatic heterocycles. The molecule has 0 bridgehead atoms. The molecule has 0 saturated carbocycles. The first-order valence-corrected chi connectivity index (χ1v) is 9.46. The highest BCUT2D eigenvalue weighted by Crippen LogP contribution is 2.19. The minimum Gasteiger partial charge on any atom is -0.452 e. The molecule has 2 aromatic rings. The van der Waals surface area contributed by atoms with Gasteiger partial charge in [0.2, 0.25) is 10.0 Å². The molecule has 9 heteroatoms. The average Bonchev–Trinajstić information content (AvgIpc) is 2.64. The molecule has 2 N–H and O–H groups in total. The topological polar surface area (TPSA) is 107 Å². The van der Waals surface area contributed by atoms with E-state index in [1.54, 1.807) is 7.05 Å². The van der Waals surface area contributed by atoms with Crippen molar-refractivity contribution in [3.05, 3.63) is 65.5 Å². The molecule has 0 saturated heterocycles. The van der Waals surface area contributed by atoms with Crippen molar-refractivity contribution in [2.45, 2.75) is 17.9 Å². The van der Waals surface area contributed by atoms with E-state index in [0.29, 0.717) is 0 Å². The fraction of sp³-hybridized carbons (Fsp3) is 0.222. The Labute approximate surface area is 156 Å². The van der Waals surface area contributed by atoms with Crippen LogP contribution in [-0.2, 0) is 19.6 Å². The van der Waals surface area contributed by atoms with Gasteiger partial charge >= 0.3 is 5.97 Å². The summed E-state index contributed by atoms with van der Waals surface area (Å²) in [5.74, 6) is -2.64. The summed E-state index contributed by atoms with van der Waals surface area (Å²) >= 11 is 0. The fourth-order valence-electron chi connectivity index (χ4n) is 2.32. The third-order valence-electron chi connectivity index (χ3n) is 4.07. The quantitative estimate of drug-likeness (QED) is 0.753. The number of amides is 1. The molecule has 2 rings (SSSR count). The monoisotopic (exact) mass is 394 g/mol. The van der Waals surface area contributed by atoms with Crippen molar-refractivity contribution in [2.24, 2.45) is 5.14 Å². The third-order valence-corrected chi connectivity index (χ3v) is 4.98. The summed E-state index contributed by atoms with van der Waals surface area (Å²) in [6.07, 6.45) is 0. The largest absolute Gasteiger partial charge is 0.452 e. The van der Waals surface area contributed by atoms with E-state index in [0.717, 1.165) is 23.8 Å². The van der Waals surface area contributed by atoms with Crippen molar-refractivity contribution >= 4 is 21.9 Å². The zero-order chi connectivity index (χ0) is 20.2. The van der Waals surface area contributed by atoms with Gasteiger partial charge in [0.05, 0.1) is 16.5 Å². The number of nitrogens with two attached hydrogens (primary N) is 1. The van der Waals surface area contributed by atoms with E-state index in [4.69, 9.17) is 9.88 Å². The second-order valence-corrected chi connectivity index (χ2v) is 7.42. The summed E-state index contributed by atoms with van der Waals surface area (Å²) in [5.41, 5.74) is 0.277. The van der Waals surface area contributed by atoms with Crippen molar-refractivity contribution in [3.63, 3.8) is 0 Å². The molecule has 0 radical (unpaired) electrons. The number of halogens is 1. The van der Waals surface area contributed by atoms with Crippen molar-refractivity contribution in [2.75, 3.05) is 13.7 Å². The zero-order valence-corrected chi connectivity index (χ0v) is 15.6. The lowest BCUT2D eigenvalue weighted by Crippen LogP contribution is -2.33. The van der Waals surface area contributed by atoms with Crippen molar-refractivity contribution in [1.82, 2.24) is 4.90 Å². The zero-order valence-electron chi connectivity index (χ0n) is 14.8. The second kappa shape index (κ2) is 8.28. The van der Waals surface area contributed by atoms with E-state index >= 15 is 0 Å². The Hall–Kier alpha value is -2.78. The predicted octanol–water partition coefficient (Wildman–Crippen LogP) is 1.85. The molecule has 0 heterocycles. The van der Waals surface area contributed by atoms with E-state index in [9.17, 15) is 22.4 Å². The molecule has 0 aliphatic carbocycles. The Morgan fingerprint density at radius 2 is 1.81 bits per heavy atom. The number of hydrogen-bond donors (Lipinski definition) is 1. The van der Waals surface area contributed by atoms with Crippen LogP contribution in [0.3, 0.4) is 0 Å². The highest BCUT2D eigenvalue weighted by molar-refractivity contribution is 7.89. The van der Waals surface area contributed by atoms with Crippen LogP contribution >= 0.6 is 0 Å². The maximum Gasteiger partial charge on any atom is 0.341 e. The molecule has 1 atom stereocenters. The van der Waals surface area contributed by atoms with Gasteiger partial charge in [0, 0.05) is 7.05 Å². The number of hydrogen-bond acceptors (Lipinski definition) is 5. The number of likely N-dealkylation sites (N-methyl/N-ethyl adjacent to an activating group) is 1. The Morgan fingerprint density at radius 3 is 2.41 bits per heavy atom. The second-order valence-electron chi connectivity index (χ2n) is 5.85. The Morgan fingerprint density at radius 1 is 1.19 bits per heavy atom. The highest BCUT2D eigenvalue weighted by atomic mass is 32.2. The summed E-state index contributed by atoms with van der Waals surface area (Å²) in [6.45, 7) is 1.19. The first-order valence-electron chi connectivity index (χ1n) is 7.91. The van der Waals surface area contributed by atoms with E-state index in [1.807, 2.05) is 37.3 Å². The highest BCUT2D eigenvalue weighted by Gasteiger charge is 2.22. The molecule has 27 heavy (non-hydrogen) atoms. The van der Waals surface area contributed by atoms with Crippen LogP contribution in [0.5, 0.6) is 0 Å². The lowest BCUT2D eigenvalue weighted by molar-refractivity contribution is -0.135. The Bertz CT molecular complexity index is 947. The smallest absolute Gasteiger partial charge is 0.341 e. The number of carbonyl (C=O) groups is 2. The van der Waals surface area contributed by atoms with Crippen LogP contribution in [0.15, 0.2) is 53.4 Å². The van der Waals surface area contributed by atoms with Crippen LogP contribution in [0.25, 0.3) is 0 Å². The van der Waals surface area contributed by atoms with Gasteiger partial charge < -0.3 is 9.64 Å². The van der Waals surface area contributed by atoms with E-state index in [1.165, 1.54) is 4.90 Å². The van der Waals surface area contributed by atoms with Gasteiger partial charge in [-0.1, -0.05) is 30.3 Å². The van der Waals surface area contributed by atoms with Crippen LogP contribution in [0.1, 0.15) is 28.9 Å². The van der Waals surface area contributed by atoms with Gasteiger partial charge in [-0.2, -0.15) is 0 Å². The van der Waals surface area contributed by atoms with Gasteiger partial charge in [0.25, 0.3) is 5.91 Å². The molecule has 0 aromatic heterocycles. The molecule has 0 aliphatic rings. The Kier molecular flexibility index (Phi) is 6.29. The number of esters is 1. The van der Waals surface area contributed by atoms with Crippen LogP contribution in [0.4, 0.5) is 4.39 Å². The van der Waals surface area contributed by atoms with Gasteiger partial charge in [-0.05, 0) is 30.7 Å². The van der Waals surface area contributed by atoms with E-state index < -0.39 is 44.8 Å². The van der Waals surface area contributed by atoms with Crippen molar-refractivity contribution < 1.29 is 27.1 Å². The average molecular weight is 394 g/mol. The number of primary sulfonamides is 1. The lowest BCUT2D eigenvalue weighted by atomic mass is 10.1. The SMILES string of the molecule is C[C@H](c1ccccc1)N(C)C(=O)COC(=O)c1cc(S(N)(=O)=O)ccc1F. The molecule has 0 spiro atoms. The van der Waals surface area contributed by atoms with Gasteiger partial charge in [0.15, 0.2) is 6.61 Å². The van der Waals surface area contributed by atoms with Crippen molar-refractivity contribution in [3.8, 4) is 0 Å². The number of sulfonamides is 1. The summed E-state index contributed by atoms with van der Waals surface area (Å²) in [7, 11) is -2.56. The lowest BCUT2D eigenvalue weighted by Gasteiger charge is -2.25. The molecule has 1 amide bonds. The summed E-state index contributed by atoms with van der Waals surface area (Å²) in [5, 5.41) is 4.96. The minimum absolute atomic E-state index is 0.264. The molecule has 0 unspecified atom stereocenters. The standard InChI is InChI=1S/C18H19FN2O5S/c1-12(13-6-4-3-5-7-13)21(2)17(22)11-26-18(23)15-10-14(27(20,24)25)8-9-16(15)19/h3-10,12H,11H2,1-2H3,(H2,20,24,25)/t12-/m1/s1. The normalized spacial score (nSPS) is 12.3. The van der Waals surface area contributed by atoms with Crippen LogP contribution < -0.4 is 5.14 Å². The number of carbonyl (C=O) groups excluding carboxylic acids is 2. The van der Waals surface area contributed by atoms with Gasteiger partial charge in [-0.3, -0.25) is 4.79 Å². The van der Waals surface area contributed by atoms with E-state index in [-0.39, 0.29) is 6.04 Å². The summed E-state index contributed by atoms with van der Waals surface area (Å²) < 4.78 is 41.3. The fourth-order valence-corrected chi connectivity index (χ4v) is 2.86. The molecule has 0 fully saturated rings. The number of ether oxygens (including phenoxy) is 1. The minimum atomic E-state index is -4.11. The molecular weight excluding hydrogens is 375 g/mol. The van der Waals surface area contributed by atoms with Gasteiger partial charge in [0.1, 0.15) is 5.82 Å². The van der Waals surface area contributed by atoms with Crippen LogP contribution in [0.2, 0.25) is 0 Å². The number of rotatable bonds is 6. The molecular formula is C18H19FN2O5S. The first kappa shape index (κ1) is 20.5. The molecule has 144 valence electrons. The summed E-state index contributed by atoms with van der Waals surface area (Å²) in [4.78, 5) is 25.2. The molecule has 7 nitrogen and oxygen atoms in total. The van der Waals surface area contributed by atoms with E-state index in [2.05, 4.69) is 0 Å². The predicted molar refractivity (Wildman–Crippen MR) is 95.7 cm³/mol. The Balaban J connectivity index is 2.06. The van der Waals surface area contributed by atoms with Gasteiger partial charge in [-0.25, -0.2) is 22.7 Å². The van der Waals surface area contributed by atoms with Crippen LogP contribution in [-0.4, -0.2) is 38.8 Å². The number of nitrogens with zero attached hydrogens (tertiary/aromatic N) is 1. The van der Waals surface area contributed by atoms with Gasteiger partial charge in [-0.15, -0.1) is 0 Å². The number of benzene rings is 2. The maximum absolute atomic E-state index is 13.8. The van der Waals surface area contributed by atoms with Crippen LogP contribution in [0, 0.1) is 5.82 Å². The van der Waals surface area contributed by atoms with Crippen molar-refractivity contribution in [1.29, 1.82) is 0 Å².